The molecular weight excluding hydrogens is 341 g/mol. The molecule has 4 aromatic rings. The number of carbonyl (C=O) groups is 1. The van der Waals surface area contributed by atoms with E-state index in [1.807, 2.05) is 0 Å². The van der Waals surface area contributed by atoms with Gasteiger partial charge in [-0.1, -0.05) is 18.2 Å². The molecule has 2 aromatic heterocycles. The van der Waals surface area contributed by atoms with Crippen molar-refractivity contribution in [2.45, 2.75) is 13.0 Å². The van der Waals surface area contributed by atoms with E-state index in [-0.39, 0.29) is 30.1 Å². The molecule has 4 rings (SSSR count). The molecule has 0 fully saturated rings. The van der Waals surface area contributed by atoms with Crippen molar-refractivity contribution >= 4 is 27.8 Å². The predicted molar refractivity (Wildman–Crippen MR) is 90.4 cm³/mol. The number of hydrogen-bond donors (Lipinski definition) is 1. The molecule has 8 heteroatoms. The summed E-state index contributed by atoms with van der Waals surface area (Å²) in [4.78, 5) is 27.9. The van der Waals surface area contributed by atoms with Crippen LogP contribution in [-0.4, -0.2) is 25.8 Å². The highest BCUT2D eigenvalue weighted by Gasteiger charge is 2.15. The average Bonchev–Trinajstić information content (AvgIpc) is 3.00. The Labute approximate surface area is 145 Å². The Morgan fingerprint density at radius 3 is 2.73 bits per heavy atom. The smallest absolute Gasteiger partial charge is 0.309 e. The highest BCUT2D eigenvalue weighted by Crippen LogP contribution is 2.18. The zero-order chi connectivity index (χ0) is 18.3. The van der Waals surface area contributed by atoms with E-state index in [0.717, 1.165) is 4.68 Å². The number of carboxylic acids is 1. The van der Waals surface area contributed by atoms with Gasteiger partial charge in [0.1, 0.15) is 17.9 Å². The Kier molecular flexibility index (Phi) is 3.72. The van der Waals surface area contributed by atoms with Crippen LogP contribution in [0.3, 0.4) is 0 Å². The van der Waals surface area contributed by atoms with Crippen molar-refractivity contribution < 1.29 is 18.7 Å². The fourth-order valence-electron chi connectivity index (χ4n) is 2.83. The Bertz CT molecular complexity index is 1210. The number of benzene rings is 2. The Hall–Kier alpha value is -3.55. The van der Waals surface area contributed by atoms with Crippen LogP contribution < -0.4 is 5.56 Å². The quantitative estimate of drug-likeness (QED) is 0.605. The largest absolute Gasteiger partial charge is 0.481 e. The molecule has 0 unspecified atom stereocenters. The first kappa shape index (κ1) is 15.9. The first-order valence-electron chi connectivity index (χ1n) is 7.77. The van der Waals surface area contributed by atoms with Crippen LogP contribution in [-0.2, 0) is 17.8 Å². The normalized spacial score (nSPS) is 11.3. The van der Waals surface area contributed by atoms with Gasteiger partial charge in [0.05, 0.1) is 17.5 Å². The van der Waals surface area contributed by atoms with Gasteiger partial charge in [0.25, 0.3) is 5.56 Å². The molecular formula is C18H12FN3O4. The minimum atomic E-state index is -1.05. The zero-order valence-corrected chi connectivity index (χ0v) is 13.3. The van der Waals surface area contributed by atoms with Crippen molar-refractivity contribution in [1.82, 2.24) is 14.8 Å². The second-order valence-electron chi connectivity index (χ2n) is 5.75. The van der Waals surface area contributed by atoms with E-state index in [1.54, 1.807) is 24.3 Å². The lowest BCUT2D eigenvalue weighted by Gasteiger charge is -2.08. The van der Waals surface area contributed by atoms with Crippen LogP contribution in [0.1, 0.15) is 11.6 Å². The molecule has 0 aliphatic carbocycles. The lowest BCUT2D eigenvalue weighted by molar-refractivity contribution is -0.136. The van der Waals surface area contributed by atoms with Crippen LogP contribution in [0.4, 0.5) is 4.39 Å². The fourth-order valence-corrected chi connectivity index (χ4v) is 2.83. The molecule has 2 aromatic carbocycles. The van der Waals surface area contributed by atoms with Crippen LogP contribution in [0, 0.1) is 5.82 Å². The summed E-state index contributed by atoms with van der Waals surface area (Å²) in [5, 5.41) is 14.1. The highest BCUT2D eigenvalue weighted by atomic mass is 19.1. The Balaban J connectivity index is 1.83. The number of aromatic nitrogens is 3. The van der Waals surface area contributed by atoms with E-state index >= 15 is 0 Å². The molecule has 0 saturated heterocycles. The topological polar surface area (TPSA) is 98.2 Å². The van der Waals surface area contributed by atoms with Crippen LogP contribution >= 0.6 is 0 Å². The minimum absolute atomic E-state index is 0.0907. The van der Waals surface area contributed by atoms with Crippen molar-refractivity contribution in [2.75, 3.05) is 0 Å². The molecule has 0 spiro atoms. The van der Waals surface area contributed by atoms with E-state index in [4.69, 9.17) is 9.52 Å². The van der Waals surface area contributed by atoms with Crippen molar-refractivity contribution in [1.29, 1.82) is 0 Å². The third kappa shape index (κ3) is 2.81. The lowest BCUT2D eigenvalue weighted by atomic mass is 10.1. The maximum atomic E-state index is 13.3. The Morgan fingerprint density at radius 1 is 1.19 bits per heavy atom. The summed E-state index contributed by atoms with van der Waals surface area (Å²) in [6.45, 7) is -0.0907. The summed E-state index contributed by atoms with van der Waals surface area (Å²) in [5.74, 6) is -1.32. The molecule has 0 saturated carbocycles. The van der Waals surface area contributed by atoms with Gasteiger partial charge in [0.2, 0.25) is 5.89 Å². The summed E-state index contributed by atoms with van der Waals surface area (Å²) in [6.07, 6.45) is -0.320. The molecule has 26 heavy (non-hydrogen) atoms. The second kappa shape index (κ2) is 6.07. The molecule has 1 N–H and O–H groups in total. The lowest BCUT2D eigenvalue weighted by Crippen LogP contribution is -2.26. The van der Waals surface area contributed by atoms with Crippen molar-refractivity contribution in [2.24, 2.45) is 0 Å². The van der Waals surface area contributed by atoms with E-state index < -0.39 is 11.8 Å². The number of fused-ring (bicyclic) bond motifs is 2. The number of halogens is 1. The van der Waals surface area contributed by atoms with Gasteiger partial charge in [-0.25, -0.2) is 14.1 Å². The molecule has 0 radical (unpaired) electrons. The molecule has 0 amide bonds. The van der Waals surface area contributed by atoms with Gasteiger partial charge in [0, 0.05) is 11.5 Å². The van der Waals surface area contributed by atoms with Gasteiger partial charge < -0.3 is 9.52 Å². The van der Waals surface area contributed by atoms with Gasteiger partial charge in [-0.2, -0.15) is 5.10 Å². The van der Waals surface area contributed by atoms with Gasteiger partial charge >= 0.3 is 5.97 Å². The number of hydrogen-bond acceptors (Lipinski definition) is 5. The van der Waals surface area contributed by atoms with E-state index in [1.165, 1.54) is 18.2 Å². The second-order valence-corrected chi connectivity index (χ2v) is 5.75. The number of carboxylic acid groups (broad SMARTS) is 1. The standard InChI is InChI=1S/C18H12FN3O4/c19-10-5-6-15-14(7-10)20-16(26-15)9-22-18(25)12-4-2-1-3-11(12)13(21-22)8-17(23)24/h1-7H,8-9H2,(H,23,24). The monoisotopic (exact) mass is 353 g/mol. The SMILES string of the molecule is O=C(O)Cc1nn(Cc2nc3cc(F)ccc3o2)c(=O)c2ccccc12. The summed E-state index contributed by atoms with van der Waals surface area (Å²) in [7, 11) is 0. The van der Waals surface area contributed by atoms with Crippen LogP contribution in [0.25, 0.3) is 21.9 Å². The highest BCUT2D eigenvalue weighted by molar-refractivity contribution is 5.86. The summed E-state index contributed by atoms with van der Waals surface area (Å²) < 4.78 is 19.9. The molecule has 130 valence electrons. The van der Waals surface area contributed by atoms with Crippen LogP contribution in [0.2, 0.25) is 0 Å². The third-order valence-corrected chi connectivity index (χ3v) is 3.94. The van der Waals surface area contributed by atoms with Gasteiger partial charge in [-0.05, 0) is 18.2 Å². The third-order valence-electron chi connectivity index (χ3n) is 3.94. The molecule has 0 bridgehead atoms. The minimum Gasteiger partial charge on any atom is -0.481 e. The maximum absolute atomic E-state index is 13.3. The Morgan fingerprint density at radius 2 is 1.96 bits per heavy atom. The molecule has 7 nitrogen and oxygen atoms in total. The van der Waals surface area contributed by atoms with Crippen LogP contribution in [0.15, 0.2) is 51.7 Å². The fraction of sp³-hybridized carbons (Fsp3) is 0.111. The van der Waals surface area contributed by atoms with Crippen LogP contribution in [0.5, 0.6) is 0 Å². The summed E-state index contributed by atoms with van der Waals surface area (Å²) in [5.41, 5.74) is 0.610. The molecule has 0 atom stereocenters. The van der Waals surface area contributed by atoms with E-state index in [2.05, 4.69) is 10.1 Å². The van der Waals surface area contributed by atoms with Gasteiger partial charge in [0.15, 0.2) is 5.58 Å². The number of aliphatic carboxylic acids is 1. The number of rotatable bonds is 4. The summed E-state index contributed by atoms with van der Waals surface area (Å²) >= 11 is 0. The number of oxazole rings is 1. The van der Waals surface area contributed by atoms with Crippen molar-refractivity contribution in [3.05, 3.63) is 70.2 Å². The average molecular weight is 353 g/mol. The van der Waals surface area contributed by atoms with Gasteiger partial charge in [-0.3, -0.25) is 9.59 Å². The first-order chi connectivity index (χ1) is 12.5. The summed E-state index contributed by atoms with van der Waals surface area (Å²) in [6, 6.07) is 10.6. The van der Waals surface area contributed by atoms with Gasteiger partial charge in [-0.15, -0.1) is 0 Å². The molecule has 2 heterocycles. The van der Waals surface area contributed by atoms with E-state index in [9.17, 15) is 14.0 Å². The number of nitrogens with zero attached hydrogens (tertiary/aromatic N) is 3. The van der Waals surface area contributed by atoms with Crippen molar-refractivity contribution in [3.8, 4) is 0 Å². The van der Waals surface area contributed by atoms with Crippen molar-refractivity contribution in [3.63, 3.8) is 0 Å². The first-order valence-corrected chi connectivity index (χ1v) is 7.77. The molecule has 0 aliphatic rings. The van der Waals surface area contributed by atoms with E-state index in [0.29, 0.717) is 21.9 Å². The predicted octanol–water partition coefficient (Wildman–Crippen LogP) is 2.35. The zero-order valence-electron chi connectivity index (χ0n) is 13.3. The molecule has 0 aliphatic heterocycles. The maximum Gasteiger partial charge on any atom is 0.309 e.